The summed E-state index contributed by atoms with van der Waals surface area (Å²) in [6, 6.07) is 0. The van der Waals surface area contributed by atoms with Gasteiger partial charge in [0, 0.05) is 0 Å². The van der Waals surface area contributed by atoms with Crippen molar-refractivity contribution in [1.29, 1.82) is 0 Å². The Morgan fingerprint density at radius 3 is 0.711 bits per heavy atom. The van der Waals surface area contributed by atoms with Crippen LogP contribution in [0, 0.1) is 111 Å². The van der Waals surface area contributed by atoms with Gasteiger partial charge < -0.3 is 0 Å². The lowest BCUT2D eigenvalue weighted by atomic mass is 9.79. The Bertz CT molecular complexity index is 2250. The zero-order valence-corrected chi connectivity index (χ0v) is 30.7. The first kappa shape index (κ1) is 30.0. The van der Waals surface area contributed by atoms with E-state index >= 15 is 0 Å². The van der Waals surface area contributed by atoms with Gasteiger partial charge in [0.25, 0.3) is 0 Å². The van der Waals surface area contributed by atoms with Crippen molar-refractivity contribution in [2.75, 3.05) is 0 Å². The third kappa shape index (κ3) is 3.39. The quantitative estimate of drug-likeness (QED) is 0.154. The molecule has 0 saturated heterocycles. The van der Waals surface area contributed by atoms with E-state index in [1.807, 2.05) is 0 Å². The molecule has 0 radical (unpaired) electrons. The van der Waals surface area contributed by atoms with Crippen molar-refractivity contribution < 1.29 is 0 Å². The van der Waals surface area contributed by atoms with E-state index in [0.29, 0.717) is 0 Å². The minimum Gasteiger partial charge on any atom is -0.0444 e. The Morgan fingerprint density at radius 2 is 0.400 bits per heavy atom. The van der Waals surface area contributed by atoms with E-state index in [1.54, 1.807) is 11.1 Å². The first-order valence-corrected chi connectivity index (χ1v) is 17.0. The van der Waals surface area contributed by atoms with Crippen LogP contribution in [0.4, 0.5) is 0 Å². The van der Waals surface area contributed by atoms with Crippen molar-refractivity contribution in [2.45, 2.75) is 117 Å². The van der Waals surface area contributed by atoms with Crippen LogP contribution in [-0.2, 0) is 6.42 Å². The largest absolute Gasteiger partial charge is 0.0444 e. The standard InChI is InChI=1S/C45H50/c1-18-20(3)24(7)42-36(22(18)5)26(9)28(11)40-34-17-35-39(38(34)30(13)32(15)44(40)42)31(14)33(16)45-41(35)29(12)27(10)37-23(6)19(2)21(4)25(8)43(37)45/h17H2,1-16H3. The molecule has 0 atom stereocenters. The fraction of sp³-hybridized carbons (Fsp3) is 0.378. The average Bonchev–Trinajstić information content (AvgIpc) is 3.40. The predicted molar refractivity (Wildman–Crippen MR) is 200 cm³/mol. The van der Waals surface area contributed by atoms with Crippen LogP contribution in [-0.4, -0.2) is 0 Å². The van der Waals surface area contributed by atoms with Gasteiger partial charge in [-0.3, -0.25) is 0 Å². The lowest BCUT2D eigenvalue weighted by Crippen LogP contribution is -2.03. The summed E-state index contributed by atoms with van der Waals surface area (Å²) < 4.78 is 0. The fourth-order valence-electron chi connectivity index (χ4n) is 9.73. The van der Waals surface area contributed by atoms with E-state index in [2.05, 4.69) is 111 Å². The molecule has 0 nitrogen and oxygen atoms in total. The summed E-state index contributed by atoms with van der Waals surface area (Å²) in [5.41, 5.74) is 29.4. The fourth-order valence-corrected chi connectivity index (χ4v) is 9.73. The van der Waals surface area contributed by atoms with Crippen LogP contribution in [0.2, 0.25) is 0 Å². The number of benzene rings is 6. The van der Waals surface area contributed by atoms with Gasteiger partial charge in [-0.25, -0.2) is 0 Å². The van der Waals surface area contributed by atoms with Gasteiger partial charge in [-0.05, 0) is 272 Å². The van der Waals surface area contributed by atoms with Crippen LogP contribution in [0.1, 0.15) is 100 Å². The Balaban J connectivity index is 1.74. The highest BCUT2D eigenvalue weighted by atomic mass is 14.4. The van der Waals surface area contributed by atoms with E-state index in [4.69, 9.17) is 0 Å². The molecule has 0 N–H and O–H groups in total. The number of aryl methyl sites for hydroxylation is 10. The van der Waals surface area contributed by atoms with Crippen LogP contribution in [0.15, 0.2) is 0 Å². The van der Waals surface area contributed by atoms with Crippen molar-refractivity contribution in [2.24, 2.45) is 0 Å². The van der Waals surface area contributed by atoms with E-state index in [0.717, 1.165) is 6.42 Å². The molecule has 7 rings (SSSR count). The van der Waals surface area contributed by atoms with Crippen LogP contribution in [0.3, 0.4) is 0 Å². The van der Waals surface area contributed by atoms with Gasteiger partial charge in [0.2, 0.25) is 0 Å². The summed E-state index contributed by atoms with van der Waals surface area (Å²) in [5, 5.41) is 11.9. The number of hydrogen-bond donors (Lipinski definition) is 0. The molecular weight excluding hydrogens is 540 g/mol. The normalized spacial score (nSPS) is 12.8. The first-order valence-electron chi connectivity index (χ1n) is 17.0. The van der Waals surface area contributed by atoms with Gasteiger partial charge in [-0.1, -0.05) is 0 Å². The van der Waals surface area contributed by atoms with Gasteiger partial charge in [0.1, 0.15) is 0 Å². The molecule has 0 spiro atoms. The molecule has 1 aliphatic rings. The monoisotopic (exact) mass is 590 g/mol. The maximum absolute atomic E-state index is 2.41. The molecule has 0 unspecified atom stereocenters. The summed E-state index contributed by atoms with van der Waals surface area (Å²) in [7, 11) is 0. The van der Waals surface area contributed by atoms with Gasteiger partial charge in [0.05, 0.1) is 0 Å². The highest BCUT2D eigenvalue weighted by Gasteiger charge is 2.33. The molecule has 0 aliphatic heterocycles. The Hall–Kier alpha value is -3.64. The number of hydrogen-bond acceptors (Lipinski definition) is 0. The molecule has 0 amide bonds. The highest BCUT2D eigenvalue weighted by molar-refractivity contribution is 6.21. The predicted octanol–water partition coefficient (Wildman–Crippen LogP) is 12.8. The molecule has 6 aromatic carbocycles. The van der Waals surface area contributed by atoms with Crippen molar-refractivity contribution in [1.82, 2.24) is 0 Å². The molecule has 0 aromatic heterocycles. The summed E-state index contributed by atoms with van der Waals surface area (Å²) >= 11 is 0. The molecule has 1 aliphatic carbocycles. The van der Waals surface area contributed by atoms with E-state index in [-0.39, 0.29) is 0 Å². The smallest absolute Gasteiger partial charge is 0.0000691 e. The Labute approximate surface area is 270 Å². The Morgan fingerprint density at radius 1 is 0.200 bits per heavy atom. The summed E-state index contributed by atoms with van der Waals surface area (Å²) in [4.78, 5) is 0. The van der Waals surface area contributed by atoms with Crippen molar-refractivity contribution in [3.8, 4) is 11.1 Å². The highest BCUT2D eigenvalue weighted by Crippen LogP contribution is 2.54. The maximum Gasteiger partial charge on any atom is -0.0000691 e. The van der Waals surface area contributed by atoms with E-state index in [9.17, 15) is 0 Å². The molecule has 0 heteroatoms. The third-order valence-electron chi connectivity index (χ3n) is 13.4. The lowest BCUT2D eigenvalue weighted by Gasteiger charge is -2.25. The maximum atomic E-state index is 2.41. The summed E-state index contributed by atoms with van der Waals surface area (Å²) in [6.45, 7) is 37.8. The zero-order chi connectivity index (χ0) is 32.9. The van der Waals surface area contributed by atoms with Gasteiger partial charge in [-0.2, -0.15) is 0 Å². The second kappa shape index (κ2) is 9.45. The van der Waals surface area contributed by atoms with E-state index in [1.165, 1.54) is 143 Å². The lowest BCUT2D eigenvalue weighted by molar-refractivity contribution is 1.23. The molecule has 0 heterocycles. The second-order valence-corrected chi connectivity index (χ2v) is 14.9. The van der Waals surface area contributed by atoms with Gasteiger partial charge in [0.15, 0.2) is 0 Å². The van der Waals surface area contributed by atoms with Crippen LogP contribution < -0.4 is 0 Å². The van der Waals surface area contributed by atoms with Gasteiger partial charge in [-0.15, -0.1) is 0 Å². The minimum atomic E-state index is 1.00. The zero-order valence-electron chi connectivity index (χ0n) is 30.7. The molecule has 45 heavy (non-hydrogen) atoms. The third-order valence-corrected chi connectivity index (χ3v) is 13.4. The summed E-state index contributed by atoms with van der Waals surface area (Å²) in [6.07, 6.45) is 1.00. The van der Waals surface area contributed by atoms with Gasteiger partial charge >= 0.3 is 0 Å². The van der Waals surface area contributed by atoms with Crippen molar-refractivity contribution in [3.05, 3.63) is 100 Å². The SMILES string of the molecule is Cc1c(C)c(C)c2c(c1C)c(C)c(C)c1c3c(c(C)c(C)c12)-c1c(C)c(C)c2c(c(C)c(C)c4c(C)c(C)c(C)c(C)c42)c1C3. The van der Waals surface area contributed by atoms with Crippen LogP contribution in [0.5, 0.6) is 0 Å². The van der Waals surface area contributed by atoms with Crippen molar-refractivity contribution in [3.63, 3.8) is 0 Å². The number of rotatable bonds is 0. The molecule has 0 bridgehead atoms. The van der Waals surface area contributed by atoms with Crippen molar-refractivity contribution >= 4 is 43.1 Å². The average molecular weight is 591 g/mol. The van der Waals surface area contributed by atoms with Crippen LogP contribution in [0.25, 0.3) is 54.2 Å². The molecule has 0 saturated carbocycles. The van der Waals surface area contributed by atoms with Crippen LogP contribution >= 0.6 is 0 Å². The summed E-state index contributed by atoms with van der Waals surface area (Å²) in [5.74, 6) is 0. The minimum absolute atomic E-state index is 1.00. The second-order valence-electron chi connectivity index (χ2n) is 14.9. The topological polar surface area (TPSA) is 0 Å². The number of fused-ring (bicyclic) bond motifs is 11. The Kier molecular flexibility index (Phi) is 6.31. The first-order chi connectivity index (χ1) is 21.1. The van der Waals surface area contributed by atoms with E-state index < -0.39 is 0 Å². The molecule has 0 fully saturated rings. The molecule has 6 aromatic rings. The molecule has 230 valence electrons. The molecular formula is C45H50.